The smallest absolute Gasteiger partial charge is 0.126 e. The van der Waals surface area contributed by atoms with Crippen molar-refractivity contribution in [2.24, 2.45) is 0 Å². The lowest BCUT2D eigenvalue weighted by Gasteiger charge is -2.26. The third kappa shape index (κ3) is 2.50. The number of phenolic OH excluding ortho intramolecular Hbond substituents is 2. The first-order valence-electron chi connectivity index (χ1n) is 6.46. The summed E-state index contributed by atoms with van der Waals surface area (Å²) in [5.41, 5.74) is 2.35. The molecule has 2 N–H and O–H groups in total. The summed E-state index contributed by atoms with van der Waals surface area (Å²) >= 11 is 0. The van der Waals surface area contributed by atoms with Crippen LogP contribution in [0, 0.1) is 0 Å². The van der Waals surface area contributed by atoms with Gasteiger partial charge in [-0.25, -0.2) is 0 Å². The Kier molecular flexibility index (Phi) is 3.03. The van der Waals surface area contributed by atoms with E-state index in [4.69, 9.17) is 4.74 Å². The molecule has 3 rings (SSSR count). The normalized spacial score (nSPS) is 17.6. The number of aromatic hydroxyl groups is 2. The van der Waals surface area contributed by atoms with Crippen LogP contribution in [-0.4, -0.2) is 16.8 Å². The number of hydrogen-bond donors (Lipinski definition) is 2. The Morgan fingerprint density at radius 2 is 1.74 bits per heavy atom. The number of hydrogen-bond acceptors (Lipinski definition) is 3. The Hall–Kier alpha value is -2.16. The van der Waals surface area contributed by atoms with Gasteiger partial charge in [0, 0.05) is 6.07 Å². The molecule has 0 radical (unpaired) electrons. The van der Waals surface area contributed by atoms with Crippen molar-refractivity contribution in [3.8, 4) is 17.2 Å². The molecular weight excluding hydrogens is 240 g/mol. The minimum absolute atomic E-state index is 0.240. The average Bonchev–Trinajstić information content (AvgIpc) is 2.41. The second-order valence-electron chi connectivity index (χ2n) is 4.93. The fraction of sp³-hybridized carbons (Fsp3) is 0.250. The molecule has 1 aliphatic heterocycles. The summed E-state index contributed by atoms with van der Waals surface area (Å²) in [5, 5.41) is 18.8. The van der Waals surface area contributed by atoms with E-state index in [0.29, 0.717) is 18.3 Å². The highest BCUT2D eigenvalue weighted by Gasteiger charge is 2.22. The molecule has 1 aliphatic rings. The Morgan fingerprint density at radius 1 is 1.00 bits per heavy atom. The van der Waals surface area contributed by atoms with E-state index >= 15 is 0 Å². The summed E-state index contributed by atoms with van der Waals surface area (Å²) in [6, 6.07) is 12.7. The Morgan fingerprint density at radius 3 is 2.53 bits per heavy atom. The molecule has 98 valence electrons. The molecule has 0 saturated carbocycles. The van der Waals surface area contributed by atoms with E-state index in [1.165, 1.54) is 5.56 Å². The molecule has 3 nitrogen and oxygen atoms in total. The molecule has 1 heterocycles. The van der Waals surface area contributed by atoms with Crippen LogP contribution in [0.25, 0.3) is 0 Å². The predicted octanol–water partition coefficient (Wildman–Crippen LogP) is 3.21. The van der Waals surface area contributed by atoms with Crippen molar-refractivity contribution in [2.45, 2.75) is 18.8 Å². The van der Waals surface area contributed by atoms with E-state index in [1.54, 1.807) is 24.3 Å². The predicted molar refractivity (Wildman–Crippen MR) is 72.8 cm³/mol. The minimum atomic E-state index is 0.240. The van der Waals surface area contributed by atoms with Crippen LogP contribution in [0.3, 0.4) is 0 Å². The topological polar surface area (TPSA) is 49.7 Å². The van der Waals surface area contributed by atoms with Gasteiger partial charge in [-0.3, -0.25) is 0 Å². The molecule has 0 aliphatic carbocycles. The third-order valence-corrected chi connectivity index (χ3v) is 3.58. The molecular formula is C16H16O3. The molecule has 0 amide bonds. The average molecular weight is 256 g/mol. The van der Waals surface area contributed by atoms with Gasteiger partial charge in [0.25, 0.3) is 0 Å². The Bertz CT molecular complexity index is 575. The second-order valence-corrected chi connectivity index (χ2v) is 4.93. The van der Waals surface area contributed by atoms with Crippen LogP contribution >= 0.6 is 0 Å². The fourth-order valence-corrected chi connectivity index (χ4v) is 2.58. The fourth-order valence-electron chi connectivity index (χ4n) is 2.58. The standard InChI is InChI=1S/C16H16O3/c17-13-3-1-11(2-4-13)9-12-7-8-19-16-10-14(18)5-6-15(12)16/h1-6,10,12,17-18H,7-9H2/t12-/m0/s1. The molecule has 0 spiro atoms. The van der Waals surface area contributed by atoms with Crippen LogP contribution in [0.2, 0.25) is 0 Å². The zero-order valence-electron chi connectivity index (χ0n) is 10.5. The van der Waals surface area contributed by atoms with E-state index in [2.05, 4.69) is 0 Å². The summed E-state index contributed by atoms with van der Waals surface area (Å²) < 4.78 is 5.59. The number of benzene rings is 2. The van der Waals surface area contributed by atoms with Crippen LogP contribution in [0.1, 0.15) is 23.5 Å². The highest BCUT2D eigenvalue weighted by Crippen LogP contribution is 2.37. The highest BCUT2D eigenvalue weighted by atomic mass is 16.5. The molecule has 0 aromatic heterocycles. The largest absolute Gasteiger partial charge is 0.508 e. The van der Waals surface area contributed by atoms with Gasteiger partial charge in [0.1, 0.15) is 17.2 Å². The molecule has 19 heavy (non-hydrogen) atoms. The van der Waals surface area contributed by atoms with Crippen molar-refractivity contribution in [1.29, 1.82) is 0 Å². The highest BCUT2D eigenvalue weighted by molar-refractivity contribution is 5.44. The molecule has 0 fully saturated rings. The minimum Gasteiger partial charge on any atom is -0.508 e. The van der Waals surface area contributed by atoms with Crippen LogP contribution in [0.15, 0.2) is 42.5 Å². The van der Waals surface area contributed by atoms with Gasteiger partial charge in [0.2, 0.25) is 0 Å². The van der Waals surface area contributed by atoms with E-state index in [-0.39, 0.29) is 5.75 Å². The Labute approximate surface area is 112 Å². The van der Waals surface area contributed by atoms with Crippen molar-refractivity contribution < 1.29 is 14.9 Å². The molecule has 2 aromatic rings. The van der Waals surface area contributed by atoms with Gasteiger partial charge in [-0.15, -0.1) is 0 Å². The van der Waals surface area contributed by atoms with E-state index < -0.39 is 0 Å². The molecule has 1 atom stereocenters. The number of rotatable bonds is 2. The summed E-state index contributed by atoms with van der Waals surface area (Å²) in [4.78, 5) is 0. The maximum absolute atomic E-state index is 9.49. The molecule has 3 heteroatoms. The van der Waals surface area contributed by atoms with Gasteiger partial charge >= 0.3 is 0 Å². The second kappa shape index (κ2) is 4.84. The maximum atomic E-state index is 9.49. The first-order chi connectivity index (χ1) is 9.22. The van der Waals surface area contributed by atoms with Crippen LogP contribution < -0.4 is 4.74 Å². The van der Waals surface area contributed by atoms with Crippen molar-refractivity contribution in [3.05, 3.63) is 53.6 Å². The van der Waals surface area contributed by atoms with E-state index in [9.17, 15) is 10.2 Å². The first kappa shape index (κ1) is 11.9. The maximum Gasteiger partial charge on any atom is 0.126 e. The van der Waals surface area contributed by atoms with Gasteiger partial charge in [0.05, 0.1) is 6.61 Å². The van der Waals surface area contributed by atoms with E-state index in [1.807, 2.05) is 18.2 Å². The van der Waals surface area contributed by atoms with Gasteiger partial charge in [-0.1, -0.05) is 18.2 Å². The van der Waals surface area contributed by atoms with Crippen molar-refractivity contribution in [2.75, 3.05) is 6.61 Å². The van der Waals surface area contributed by atoms with Crippen molar-refractivity contribution >= 4 is 0 Å². The number of fused-ring (bicyclic) bond motifs is 1. The van der Waals surface area contributed by atoms with Crippen molar-refractivity contribution in [1.82, 2.24) is 0 Å². The van der Waals surface area contributed by atoms with Crippen molar-refractivity contribution in [3.63, 3.8) is 0 Å². The Balaban J connectivity index is 1.85. The SMILES string of the molecule is Oc1ccc(C[C@@H]2CCOc3cc(O)ccc32)cc1. The zero-order valence-corrected chi connectivity index (χ0v) is 10.5. The zero-order chi connectivity index (χ0) is 13.2. The first-order valence-corrected chi connectivity index (χ1v) is 6.46. The molecule has 0 bridgehead atoms. The number of phenols is 2. The van der Waals surface area contributed by atoms with Crippen LogP contribution in [-0.2, 0) is 6.42 Å². The van der Waals surface area contributed by atoms with Gasteiger partial charge in [-0.2, -0.15) is 0 Å². The van der Waals surface area contributed by atoms with Gasteiger partial charge < -0.3 is 14.9 Å². The molecule has 0 saturated heterocycles. The summed E-state index contributed by atoms with van der Waals surface area (Å²) in [6.07, 6.45) is 1.89. The number of ether oxygens (including phenoxy) is 1. The lowest BCUT2D eigenvalue weighted by Crippen LogP contribution is -2.15. The quantitative estimate of drug-likeness (QED) is 0.867. The monoisotopic (exact) mass is 256 g/mol. The van der Waals surface area contributed by atoms with Crippen LogP contribution in [0.5, 0.6) is 17.2 Å². The summed E-state index contributed by atoms with van der Waals surface area (Å²) in [7, 11) is 0. The molecule has 0 unspecified atom stereocenters. The van der Waals surface area contributed by atoms with Crippen LogP contribution in [0.4, 0.5) is 0 Å². The lowest BCUT2D eigenvalue weighted by atomic mass is 9.87. The third-order valence-electron chi connectivity index (χ3n) is 3.58. The molecule has 2 aromatic carbocycles. The summed E-state index contributed by atoms with van der Waals surface area (Å²) in [6.45, 7) is 0.680. The lowest BCUT2D eigenvalue weighted by molar-refractivity contribution is 0.265. The van der Waals surface area contributed by atoms with Gasteiger partial charge in [-0.05, 0) is 48.1 Å². The van der Waals surface area contributed by atoms with E-state index in [0.717, 1.165) is 24.2 Å². The summed E-state index contributed by atoms with van der Waals surface area (Å²) in [5.74, 6) is 1.72. The van der Waals surface area contributed by atoms with Gasteiger partial charge in [0.15, 0.2) is 0 Å².